The monoisotopic (exact) mass is 257 g/mol. The fourth-order valence-electron chi connectivity index (χ4n) is 0.956. The molecule has 1 rings (SSSR count). The van der Waals surface area contributed by atoms with Crippen molar-refractivity contribution in [2.75, 3.05) is 0 Å². The van der Waals surface area contributed by atoms with Gasteiger partial charge in [-0.05, 0) is 29.8 Å². The maximum atomic E-state index is 11.8. The maximum absolute atomic E-state index is 11.8. The second kappa shape index (κ2) is 6.28. The van der Waals surface area contributed by atoms with Crippen molar-refractivity contribution in [3.05, 3.63) is 29.8 Å². The van der Waals surface area contributed by atoms with Crippen molar-refractivity contribution >= 4 is 18.0 Å². The highest BCUT2D eigenvalue weighted by Gasteiger charge is 2.05. The molecule has 0 atom stereocenters. The Morgan fingerprint density at radius 3 is 2.44 bits per heavy atom. The van der Waals surface area contributed by atoms with E-state index in [0.29, 0.717) is 5.56 Å². The minimum atomic E-state index is -2.89. The lowest BCUT2D eigenvalue weighted by molar-refractivity contribution is -0.137. The van der Waals surface area contributed by atoms with E-state index < -0.39 is 18.4 Å². The maximum Gasteiger partial charge on any atom is 0.387 e. The summed E-state index contributed by atoms with van der Waals surface area (Å²) in [7, 11) is 0. The van der Waals surface area contributed by atoms with E-state index in [4.69, 9.17) is 0 Å². The zero-order valence-corrected chi connectivity index (χ0v) is 8.97. The Hall–Kier alpha value is -2.51. The second-order valence-electron chi connectivity index (χ2n) is 3.01. The second-order valence-corrected chi connectivity index (χ2v) is 3.01. The molecule has 96 valence electrons. The molecule has 0 aliphatic rings. The van der Waals surface area contributed by atoms with Crippen LogP contribution in [0.1, 0.15) is 5.56 Å². The Balaban J connectivity index is 2.55. The van der Waals surface area contributed by atoms with E-state index >= 15 is 0 Å². The van der Waals surface area contributed by atoms with E-state index in [1.807, 2.05) is 5.43 Å². The molecule has 0 aliphatic carbocycles. The molecule has 0 saturated heterocycles. The Bertz CT molecular complexity index is 460. The molecule has 0 bridgehead atoms. The lowest BCUT2D eigenvalue weighted by Crippen LogP contribution is -2.32. The highest BCUT2D eigenvalue weighted by Crippen LogP contribution is 2.13. The average molecular weight is 257 g/mol. The number of hydrazone groups is 1. The third kappa shape index (κ3) is 4.56. The van der Waals surface area contributed by atoms with Crippen molar-refractivity contribution in [3.8, 4) is 5.75 Å². The van der Waals surface area contributed by atoms with Gasteiger partial charge in [0.05, 0.1) is 6.21 Å². The van der Waals surface area contributed by atoms with Gasteiger partial charge in [-0.3, -0.25) is 9.59 Å². The summed E-state index contributed by atoms with van der Waals surface area (Å²) in [5.74, 6) is -2.21. The fraction of sp³-hybridized carbons (Fsp3) is 0.100. The highest BCUT2D eigenvalue weighted by atomic mass is 19.3. The molecule has 0 aromatic heterocycles. The number of rotatable bonds is 4. The van der Waals surface area contributed by atoms with Crippen LogP contribution in [0.15, 0.2) is 29.4 Å². The molecule has 6 nitrogen and oxygen atoms in total. The number of hydrogen-bond acceptors (Lipinski definition) is 4. The summed E-state index contributed by atoms with van der Waals surface area (Å²) in [6, 6.07) is 5.50. The molecule has 0 spiro atoms. The number of carbonyl (C=O) groups is 2. The molecule has 0 aliphatic heterocycles. The lowest BCUT2D eigenvalue weighted by Gasteiger charge is -2.03. The van der Waals surface area contributed by atoms with Crippen LogP contribution in [0, 0.1) is 0 Å². The molecule has 0 saturated carbocycles. The Labute approximate surface area is 100 Å². The topological polar surface area (TPSA) is 93.8 Å². The lowest BCUT2D eigenvalue weighted by atomic mass is 10.2. The molecule has 1 aromatic rings. The van der Waals surface area contributed by atoms with Gasteiger partial charge in [-0.25, -0.2) is 5.43 Å². The molecule has 18 heavy (non-hydrogen) atoms. The fourth-order valence-corrected chi connectivity index (χ4v) is 0.956. The largest absolute Gasteiger partial charge is 0.435 e. The van der Waals surface area contributed by atoms with Gasteiger partial charge < -0.3 is 10.5 Å². The van der Waals surface area contributed by atoms with E-state index in [9.17, 15) is 18.4 Å². The zero-order chi connectivity index (χ0) is 13.5. The SMILES string of the molecule is NC(=O)C(=O)N/N=C\c1ccc(OC(F)F)cc1. The van der Waals surface area contributed by atoms with Crippen LogP contribution >= 0.6 is 0 Å². The van der Waals surface area contributed by atoms with Crippen molar-refractivity contribution < 1.29 is 23.1 Å². The summed E-state index contributed by atoms with van der Waals surface area (Å²) in [5, 5.41) is 3.44. The molecule has 0 radical (unpaired) electrons. The van der Waals surface area contributed by atoms with E-state index in [0.717, 1.165) is 0 Å². The van der Waals surface area contributed by atoms with E-state index in [1.165, 1.54) is 30.5 Å². The van der Waals surface area contributed by atoms with Gasteiger partial charge in [-0.1, -0.05) is 0 Å². The van der Waals surface area contributed by atoms with Gasteiger partial charge in [-0.2, -0.15) is 13.9 Å². The van der Waals surface area contributed by atoms with Crippen LogP contribution in [0.3, 0.4) is 0 Å². The molecule has 1 aromatic carbocycles. The quantitative estimate of drug-likeness (QED) is 0.459. The molecule has 0 heterocycles. The molecular weight excluding hydrogens is 248 g/mol. The van der Waals surface area contributed by atoms with Crippen LogP contribution in [0.2, 0.25) is 0 Å². The first-order chi connectivity index (χ1) is 8.49. The van der Waals surface area contributed by atoms with Gasteiger partial charge in [-0.15, -0.1) is 0 Å². The van der Waals surface area contributed by atoms with Gasteiger partial charge in [0, 0.05) is 0 Å². The van der Waals surface area contributed by atoms with E-state index in [1.54, 1.807) is 0 Å². The highest BCUT2D eigenvalue weighted by molar-refractivity contribution is 6.34. The normalized spacial score (nSPS) is 10.6. The van der Waals surface area contributed by atoms with Crippen LogP contribution < -0.4 is 15.9 Å². The minimum absolute atomic E-state index is 0.00308. The van der Waals surface area contributed by atoms with Crippen molar-refractivity contribution in [1.29, 1.82) is 0 Å². The van der Waals surface area contributed by atoms with E-state index in [2.05, 4.69) is 15.6 Å². The predicted octanol–water partition coefficient (Wildman–Crippen LogP) is 0.223. The third-order valence-corrected chi connectivity index (χ3v) is 1.71. The summed E-state index contributed by atoms with van der Waals surface area (Å²) in [6.07, 6.45) is 1.22. The van der Waals surface area contributed by atoms with Gasteiger partial charge in [0.2, 0.25) is 0 Å². The first-order valence-electron chi connectivity index (χ1n) is 4.67. The zero-order valence-electron chi connectivity index (χ0n) is 8.97. The molecule has 8 heteroatoms. The van der Waals surface area contributed by atoms with Crippen molar-refractivity contribution in [2.24, 2.45) is 10.8 Å². The van der Waals surface area contributed by atoms with Crippen LogP contribution in [0.4, 0.5) is 8.78 Å². The van der Waals surface area contributed by atoms with Crippen molar-refractivity contribution in [3.63, 3.8) is 0 Å². The van der Waals surface area contributed by atoms with Gasteiger partial charge in [0.15, 0.2) is 0 Å². The summed E-state index contributed by atoms with van der Waals surface area (Å²) >= 11 is 0. The van der Waals surface area contributed by atoms with Crippen LogP contribution in [-0.4, -0.2) is 24.6 Å². The molecular formula is C10H9F2N3O3. The van der Waals surface area contributed by atoms with Crippen molar-refractivity contribution in [2.45, 2.75) is 6.61 Å². The number of alkyl halides is 2. The number of benzene rings is 1. The smallest absolute Gasteiger partial charge is 0.387 e. The molecule has 0 unspecified atom stereocenters. The number of carbonyl (C=O) groups excluding carboxylic acids is 2. The average Bonchev–Trinajstić information content (AvgIpc) is 2.30. The third-order valence-electron chi connectivity index (χ3n) is 1.71. The Morgan fingerprint density at radius 2 is 1.94 bits per heavy atom. The Morgan fingerprint density at radius 1 is 1.33 bits per heavy atom. The van der Waals surface area contributed by atoms with Gasteiger partial charge in [0.25, 0.3) is 0 Å². The van der Waals surface area contributed by atoms with E-state index in [-0.39, 0.29) is 5.75 Å². The van der Waals surface area contributed by atoms with Gasteiger partial charge >= 0.3 is 18.4 Å². The van der Waals surface area contributed by atoms with Crippen LogP contribution in [-0.2, 0) is 9.59 Å². The summed E-state index contributed by atoms with van der Waals surface area (Å²) in [5.41, 5.74) is 7.07. The predicted molar refractivity (Wildman–Crippen MR) is 58.0 cm³/mol. The number of nitrogens with two attached hydrogens (primary N) is 1. The van der Waals surface area contributed by atoms with Gasteiger partial charge in [0.1, 0.15) is 5.75 Å². The summed E-state index contributed by atoms with van der Waals surface area (Å²) < 4.78 is 27.8. The summed E-state index contributed by atoms with van der Waals surface area (Å²) in [6.45, 7) is -2.89. The number of nitrogens with one attached hydrogen (secondary N) is 1. The molecule has 2 amide bonds. The standard InChI is InChI=1S/C10H9F2N3O3/c11-10(12)18-7-3-1-6(2-4-7)5-14-15-9(17)8(13)16/h1-5,10H,(H2,13,16)(H,15,17)/b14-5-. The first kappa shape index (κ1) is 13.6. The number of halogens is 2. The summed E-state index contributed by atoms with van der Waals surface area (Å²) in [4.78, 5) is 21.0. The number of amides is 2. The molecule has 0 fully saturated rings. The number of primary amides is 1. The number of hydrogen-bond donors (Lipinski definition) is 2. The van der Waals surface area contributed by atoms with Crippen molar-refractivity contribution in [1.82, 2.24) is 5.43 Å². The number of ether oxygens (including phenoxy) is 1. The van der Waals surface area contributed by atoms with Crippen LogP contribution in [0.5, 0.6) is 5.75 Å². The minimum Gasteiger partial charge on any atom is -0.435 e. The molecule has 3 N–H and O–H groups in total. The van der Waals surface area contributed by atoms with Crippen LogP contribution in [0.25, 0.3) is 0 Å². The Kier molecular flexibility index (Phi) is 4.73. The number of nitrogens with zero attached hydrogens (tertiary/aromatic N) is 1. The first-order valence-corrected chi connectivity index (χ1v) is 4.67.